The third kappa shape index (κ3) is 2.60. The van der Waals surface area contributed by atoms with E-state index in [1.165, 1.54) is 57.8 Å². The Morgan fingerprint density at radius 3 is 2.79 bits per heavy atom. The van der Waals surface area contributed by atoms with Crippen molar-refractivity contribution < 1.29 is 0 Å². The number of nitrogens with two attached hydrogens (primary N) is 1. The monoisotopic (exact) mass is 193 g/mol. The Balaban J connectivity index is 1.81. The lowest BCUT2D eigenvalue weighted by atomic mass is 9.79. The van der Waals surface area contributed by atoms with E-state index < -0.39 is 0 Å². The fraction of sp³-hybridized carbons (Fsp3) is 0.846. The Morgan fingerprint density at radius 1 is 1.21 bits per heavy atom. The molecule has 14 heavy (non-hydrogen) atoms. The lowest BCUT2D eigenvalue weighted by molar-refractivity contribution is 0.283. The van der Waals surface area contributed by atoms with E-state index in [4.69, 9.17) is 5.73 Å². The predicted molar refractivity (Wildman–Crippen MR) is 61.1 cm³/mol. The van der Waals surface area contributed by atoms with Crippen LogP contribution in [0.2, 0.25) is 0 Å². The summed E-state index contributed by atoms with van der Waals surface area (Å²) in [7, 11) is 0. The second kappa shape index (κ2) is 4.97. The largest absolute Gasteiger partial charge is 0.324 e. The van der Waals surface area contributed by atoms with E-state index in [1.54, 1.807) is 5.57 Å². The van der Waals surface area contributed by atoms with Crippen LogP contribution in [-0.2, 0) is 0 Å². The third-order valence-electron chi connectivity index (χ3n) is 3.86. The predicted octanol–water partition coefficient (Wildman–Crippen LogP) is 3.39. The fourth-order valence-electron chi connectivity index (χ4n) is 2.62. The highest BCUT2D eigenvalue weighted by Crippen LogP contribution is 2.32. The Kier molecular flexibility index (Phi) is 3.63. The van der Waals surface area contributed by atoms with Gasteiger partial charge in [-0.25, -0.2) is 0 Å². The summed E-state index contributed by atoms with van der Waals surface area (Å²) in [6.45, 7) is 0. The van der Waals surface area contributed by atoms with Crippen LogP contribution in [0.1, 0.15) is 57.8 Å². The van der Waals surface area contributed by atoms with Crippen LogP contribution in [0.3, 0.4) is 0 Å². The van der Waals surface area contributed by atoms with Gasteiger partial charge in [0.05, 0.1) is 0 Å². The molecule has 0 aliphatic heterocycles. The third-order valence-corrected chi connectivity index (χ3v) is 3.86. The van der Waals surface area contributed by atoms with Crippen LogP contribution in [-0.4, -0.2) is 6.04 Å². The Hall–Kier alpha value is -0.300. The van der Waals surface area contributed by atoms with Gasteiger partial charge < -0.3 is 5.73 Å². The average molecular weight is 193 g/mol. The molecule has 1 saturated carbocycles. The second-order valence-corrected chi connectivity index (χ2v) is 5.02. The van der Waals surface area contributed by atoms with E-state index in [9.17, 15) is 0 Å². The van der Waals surface area contributed by atoms with Gasteiger partial charge in [0.1, 0.15) is 0 Å². The van der Waals surface area contributed by atoms with Crippen molar-refractivity contribution in [3.8, 4) is 0 Å². The maximum absolute atomic E-state index is 6.26. The van der Waals surface area contributed by atoms with Crippen molar-refractivity contribution >= 4 is 0 Å². The summed E-state index contributed by atoms with van der Waals surface area (Å²) < 4.78 is 0. The van der Waals surface area contributed by atoms with Crippen LogP contribution in [0, 0.1) is 5.92 Å². The van der Waals surface area contributed by atoms with Crippen LogP contribution in [0.25, 0.3) is 0 Å². The Bertz CT molecular complexity index is 203. The van der Waals surface area contributed by atoms with Gasteiger partial charge in [0, 0.05) is 6.04 Å². The van der Waals surface area contributed by atoms with Gasteiger partial charge >= 0.3 is 0 Å². The zero-order chi connectivity index (χ0) is 9.80. The van der Waals surface area contributed by atoms with Crippen molar-refractivity contribution in [3.05, 3.63) is 11.6 Å². The van der Waals surface area contributed by atoms with Crippen molar-refractivity contribution in [1.29, 1.82) is 0 Å². The summed E-state index contributed by atoms with van der Waals surface area (Å²) in [6, 6.07) is 0.387. The molecule has 2 N–H and O–H groups in total. The molecule has 0 saturated heterocycles. The SMILES string of the molecule is NC(CC1CCC1)C1=CCCCCC1. The van der Waals surface area contributed by atoms with Gasteiger partial charge in [0.2, 0.25) is 0 Å². The molecule has 0 aromatic rings. The Morgan fingerprint density at radius 2 is 2.07 bits per heavy atom. The lowest BCUT2D eigenvalue weighted by Crippen LogP contribution is -2.28. The average Bonchev–Trinajstić information content (AvgIpc) is 2.38. The first-order chi connectivity index (χ1) is 6.86. The van der Waals surface area contributed by atoms with E-state index >= 15 is 0 Å². The first-order valence-electron chi connectivity index (χ1n) is 6.31. The molecule has 0 radical (unpaired) electrons. The van der Waals surface area contributed by atoms with Crippen molar-refractivity contribution in [2.75, 3.05) is 0 Å². The number of hydrogen-bond acceptors (Lipinski definition) is 1. The number of hydrogen-bond donors (Lipinski definition) is 1. The van der Waals surface area contributed by atoms with Crippen molar-refractivity contribution in [2.45, 2.75) is 63.8 Å². The molecule has 1 unspecified atom stereocenters. The quantitative estimate of drug-likeness (QED) is 0.683. The summed E-state index contributed by atoms with van der Waals surface area (Å²) >= 11 is 0. The maximum Gasteiger partial charge on any atom is 0.0256 e. The van der Waals surface area contributed by atoms with E-state index in [0.717, 1.165) is 5.92 Å². The summed E-state index contributed by atoms with van der Waals surface area (Å²) in [6.07, 6.45) is 14.7. The molecule has 0 aromatic carbocycles. The van der Waals surface area contributed by atoms with Crippen molar-refractivity contribution in [3.63, 3.8) is 0 Å². The topological polar surface area (TPSA) is 26.0 Å². The lowest BCUT2D eigenvalue weighted by Gasteiger charge is -2.29. The minimum absolute atomic E-state index is 0.387. The zero-order valence-corrected chi connectivity index (χ0v) is 9.17. The minimum Gasteiger partial charge on any atom is -0.324 e. The number of allylic oxidation sites excluding steroid dienone is 1. The molecule has 0 spiro atoms. The van der Waals surface area contributed by atoms with Crippen LogP contribution >= 0.6 is 0 Å². The molecule has 2 aliphatic carbocycles. The van der Waals surface area contributed by atoms with Gasteiger partial charge in [0.15, 0.2) is 0 Å². The van der Waals surface area contributed by atoms with Crippen LogP contribution < -0.4 is 5.73 Å². The highest BCUT2D eigenvalue weighted by molar-refractivity contribution is 5.11. The van der Waals surface area contributed by atoms with Crippen LogP contribution in [0.5, 0.6) is 0 Å². The van der Waals surface area contributed by atoms with E-state index in [2.05, 4.69) is 6.08 Å². The van der Waals surface area contributed by atoms with Gasteiger partial charge in [-0.05, 0) is 38.0 Å². The van der Waals surface area contributed by atoms with Gasteiger partial charge in [0.25, 0.3) is 0 Å². The Labute approximate surface area is 87.8 Å². The molecule has 1 nitrogen and oxygen atoms in total. The molecule has 1 atom stereocenters. The normalized spacial score (nSPS) is 26.2. The van der Waals surface area contributed by atoms with Crippen molar-refractivity contribution in [2.24, 2.45) is 11.7 Å². The first-order valence-corrected chi connectivity index (χ1v) is 6.31. The minimum atomic E-state index is 0.387. The standard InChI is InChI=1S/C13H23N/c14-13(10-11-6-5-7-11)12-8-3-1-2-4-9-12/h8,11,13H,1-7,9-10,14H2. The smallest absolute Gasteiger partial charge is 0.0256 e. The molecular formula is C13H23N. The molecule has 1 fully saturated rings. The summed E-state index contributed by atoms with van der Waals surface area (Å²) in [5.74, 6) is 0.953. The molecular weight excluding hydrogens is 170 g/mol. The summed E-state index contributed by atoms with van der Waals surface area (Å²) in [4.78, 5) is 0. The molecule has 0 heterocycles. The van der Waals surface area contributed by atoms with Gasteiger partial charge in [-0.2, -0.15) is 0 Å². The molecule has 80 valence electrons. The molecule has 2 rings (SSSR count). The van der Waals surface area contributed by atoms with Gasteiger partial charge in [-0.15, -0.1) is 0 Å². The first kappa shape index (κ1) is 10.2. The second-order valence-electron chi connectivity index (χ2n) is 5.02. The van der Waals surface area contributed by atoms with Crippen LogP contribution in [0.15, 0.2) is 11.6 Å². The van der Waals surface area contributed by atoms with E-state index in [1.807, 2.05) is 0 Å². The van der Waals surface area contributed by atoms with Crippen LogP contribution in [0.4, 0.5) is 0 Å². The zero-order valence-electron chi connectivity index (χ0n) is 9.17. The maximum atomic E-state index is 6.26. The van der Waals surface area contributed by atoms with Gasteiger partial charge in [-0.3, -0.25) is 0 Å². The highest BCUT2D eigenvalue weighted by atomic mass is 14.6. The van der Waals surface area contributed by atoms with Gasteiger partial charge in [-0.1, -0.05) is 37.3 Å². The number of rotatable bonds is 3. The molecule has 0 amide bonds. The highest BCUT2D eigenvalue weighted by Gasteiger charge is 2.22. The summed E-state index contributed by atoms with van der Waals surface area (Å²) in [5.41, 5.74) is 7.82. The van der Waals surface area contributed by atoms with E-state index in [0.29, 0.717) is 6.04 Å². The summed E-state index contributed by atoms with van der Waals surface area (Å²) in [5, 5.41) is 0. The molecule has 2 aliphatic rings. The fourth-order valence-corrected chi connectivity index (χ4v) is 2.62. The van der Waals surface area contributed by atoms with E-state index in [-0.39, 0.29) is 0 Å². The molecule has 0 bridgehead atoms. The van der Waals surface area contributed by atoms with Crippen molar-refractivity contribution in [1.82, 2.24) is 0 Å². The molecule has 0 aromatic heterocycles. The molecule has 1 heteroatoms.